The van der Waals surface area contributed by atoms with Crippen LogP contribution in [0.3, 0.4) is 0 Å². The molecular weight excluding hydrogens is 224 g/mol. The highest BCUT2D eigenvalue weighted by atomic mass is 32.2. The minimum atomic E-state index is -0.442. The summed E-state index contributed by atoms with van der Waals surface area (Å²) in [6, 6.07) is 0. The number of likely N-dealkylation sites (N-methyl/N-ethyl adjacent to an activating group) is 1. The number of amides is 2. The smallest absolute Gasteiger partial charge is 0.239 e. The van der Waals surface area contributed by atoms with Crippen molar-refractivity contribution in [3.63, 3.8) is 0 Å². The maximum Gasteiger partial charge on any atom is 0.239 e. The number of hydrogen-bond acceptors (Lipinski definition) is 3. The molecule has 0 aliphatic carbocycles. The third kappa shape index (κ3) is 5.39. The molecule has 0 aromatic rings. The van der Waals surface area contributed by atoms with Crippen LogP contribution in [0.15, 0.2) is 0 Å². The van der Waals surface area contributed by atoms with Gasteiger partial charge in [0.1, 0.15) is 6.54 Å². The van der Waals surface area contributed by atoms with E-state index in [1.54, 1.807) is 4.90 Å². The van der Waals surface area contributed by atoms with Gasteiger partial charge < -0.3 is 10.2 Å². The van der Waals surface area contributed by atoms with Crippen molar-refractivity contribution in [1.29, 1.82) is 0 Å². The molecule has 5 heteroatoms. The Kier molecular flexibility index (Phi) is 6.48. The second-order valence-electron chi connectivity index (χ2n) is 4.62. The van der Waals surface area contributed by atoms with Crippen molar-refractivity contribution in [2.75, 3.05) is 25.2 Å². The van der Waals surface area contributed by atoms with E-state index in [-0.39, 0.29) is 18.4 Å². The molecule has 0 aromatic heterocycles. The van der Waals surface area contributed by atoms with Gasteiger partial charge >= 0.3 is 0 Å². The van der Waals surface area contributed by atoms with E-state index in [9.17, 15) is 9.59 Å². The van der Waals surface area contributed by atoms with Crippen LogP contribution < -0.4 is 5.32 Å². The molecule has 0 saturated carbocycles. The van der Waals surface area contributed by atoms with Gasteiger partial charge in [0, 0.05) is 12.0 Å². The van der Waals surface area contributed by atoms with Crippen molar-refractivity contribution in [1.82, 2.24) is 10.2 Å². The molecule has 0 radical (unpaired) electrons. The molecule has 0 fully saturated rings. The van der Waals surface area contributed by atoms with Crippen LogP contribution in [-0.2, 0) is 9.59 Å². The third-order valence-corrected chi connectivity index (χ3v) is 2.49. The molecule has 0 heterocycles. The molecule has 0 unspecified atom stereocenters. The van der Waals surface area contributed by atoms with Crippen LogP contribution in [0, 0.1) is 5.41 Å². The molecule has 1 N–H and O–H groups in total. The Morgan fingerprint density at radius 2 is 1.88 bits per heavy atom. The fraction of sp³-hybridized carbons (Fsp3) is 0.818. The minimum absolute atomic E-state index is 0.00750. The van der Waals surface area contributed by atoms with Gasteiger partial charge in [-0.1, -0.05) is 20.8 Å². The molecule has 0 bridgehead atoms. The van der Waals surface area contributed by atoms with E-state index in [0.717, 1.165) is 0 Å². The van der Waals surface area contributed by atoms with Crippen LogP contribution >= 0.6 is 11.8 Å². The number of carbonyl (C=O) groups is 2. The van der Waals surface area contributed by atoms with E-state index in [2.05, 4.69) is 5.32 Å². The topological polar surface area (TPSA) is 49.4 Å². The van der Waals surface area contributed by atoms with E-state index < -0.39 is 5.41 Å². The van der Waals surface area contributed by atoms with Crippen LogP contribution in [0.4, 0.5) is 0 Å². The van der Waals surface area contributed by atoms with Crippen LogP contribution in [0.1, 0.15) is 27.7 Å². The lowest BCUT2D eigenvalue weighted by molar-refractivity contribution is -0.141. The zero-order valence-corrected chi connectivity index (χ0v) is 11.6. The minimum Gasteiger partial charge on any atom is -0.355 e. The molecule has 0 aliphatic heterocycles. The van der Waals surface area contributed by atoms with Gasteiger partial charge in [-0.25, -0.2) is 0 Å². The lowest BCUT2D eigenvalue weighted by Gasteiger charge is -2.28. The van der Waals surface area contributed by atoms with Gasteiger partial charge in [-0.2, -0.15) is 0 Å². The number of nitrogens with zero attached hydrogens (tertiary/aromatic N) is 1. The Morgan fingerprint density at radius 1 is 1.31 bits per heavy atom. The zero-order chi connectivity index (χ0) is 12.8. The fourth-order valence-electron chi connectivity index (χ4n) is 1.23. The Hall–Kier alpha value is -0.710. The average molecular weight is 246 g/mol. The fourth-order valence-corrected chi connectivity index (χ4v) is 1.75. The molecule has 0 atom stereocenters. The van der Waals surface area contributed by atoms with Crippen molar-refractivity contribution < 1.29 is 9.59 Å². The van der Waals surface area contributed by atoms with E-state index in [1.807, 2.05) is 34.0 Å². The van der Waals surface area contributed by atoms with Crippen molar-refractivity contribution in [2.24, 2.45) is 5.41 Å². The first-order valence-corrected chi connectivity index (χ1v) is 6.77. The second kappa shape index (κ2) is 6.78. The third-order valence-electron chi connectivity index (χ3n) is 1.92. The molecule has 0 spiro atoms. The molecule has 94 valence electrons. The van der Waals surface area contributed by atoms with Crippen LogP contribution in [-0.4, -0.2) is 41.9 Å². The summed E-state index contributed by atoms with van der Waals surface area (Å²) in [6.45, 7) is 8.18. The summed E-state index contributed by atoms with van der Waals surface area (Å²) < 4.78 is 0. The molecular formula is C11H22N2O2S. The van der Waals surface area contributed by atoms with Crippen LogP contribution in [0.2, 0.25) is 0 Å². The number of rotatable bonds is 5. The SMILES string of the molecule is CCNC(=O)CN(CSC)C(=O)C(C)(C)C. The summed E-state index contributed by atoms with van der Waals surface area (Å²) in [6.07, 6.45) is 1.92. The molecule has 0 aromatic carbocycles. The van der Waals surface area contributed by atoms with E-state index in [0.29, 0.717) is 12.4 Å². The highest BCUT2D eigenvalue weighted by Gasteiger charge is 2.27. The quantitative estimate of drug-likeness (QED) is 0.744. The summed E-state index contributed by atoms with van der Waals surface area (Å²) in [4.78, 5) is 25.1. The molecule has 16 heavy (non-hydrogen) atoms. The lowest BCUT2D eigenvalue weighted by Crippen LogP contribution is -2.45. The van der Waals surface area contributed by atoms with E-state index >= 15 is 0 Å². The van der Waals surface area contributed by atoms with Gasteiger partial charge in [0.2, 0.25) is 11.8 Å². The van der Waals surface area contributed by atoms with Gasteiger partial charge in [-0.15, -0.1) is 11.8 Å². The summed E-state index contributed by atoms with van der Waals surface area (Å²) in [5, 5.41) is 2.70. The van der Waals surface area contributed by atoms with Crippen molar-refractivity contribution in [3.05, 3.63) is 0 Å². The Morgan fingerprint density at radius 3 is 2.25 bits per heavy atom. The zero-order valence-electron chi connectivity index (χ0n) is 10.8. The summed E-state index contributed by atoms with van der Waals surface area (Å²) >= 11 is 1.54. The van der Waals surface area contributed by atoms with E-state index in [1.165, 1.54) is 11.8 Å². The first-order chi connectivity index (χ1) is 7.32. The number of hydrogen-bond donors (Lipinski definition) is 1. The van der Waals surface area contributed by atoms with Gasteiger partial charge in [-0.3, -0.25) is 9.59 Å². The molecule has 0 saturated heterocycles. The summed E-state index contributed by atoms with van der Waals surface area (Å²) in [5.41, 5.74) is -0.442. The largest absolute Gasteiger partial charge is 0.355 e. The van der Waals surface area contributed by atoms with Gasteiger partial charge in [-0.05, 0) is 13.2 Å². The lowest BCUT2D eigenvalue weighted by atomic mass is 9.95. The van der Waals surface area contributed by atoms with Crippen molar-refractivity contribution in [3.8, 4) is 0 Å². The molecule has 0 rings (SSSR count). The highest BCUT2D eigenvalue weighted by Crippen LogP contribution is 2.18. The van der Waals surface area contributed by atoms with Gasteiger partial charge in [0.05, 0.1) is 5.88 Å². The standard InChI is InChI=1S/C11H22N2O2S/c1-6-12-9(14)7-13(8-16-5)10(15)11(2,3)4/h6-8H2,1-5H3,(H,12,14). The highest BCUT2D eigenvalue weighted by molar-refractivity contribution is 7.98. The summed E-state index contributed by atoms with van der Waals surface area (Å²) in [7, 11) is 0. The monoisotopic (exact) mass is 246 g/mol. The van der Waals surface area contributed by atoms with Crippen molar-refractivity contribution in [2.45, 2.75) is 27.7 Å². The maximum atomic E-state index is 12.0. The first-order valence-electron chi connectivity index (χ1n) is 5.38. The van der Waals surface area contributed by atoms with Crippen LogP contribution in [0.5, 0.6) is 0 Å². The average Bonchev–Trinajstić information content (AvgIpc) is 2.15. The first kappa shape index (κ1) is 15.3. The normalized spacial score (nSPS) is 11.1. The predicted octanol–water partition coefficient (Wildman–Crippen LogP) is 1.32. The van der Waals surface area contributed by atoms with Crippen LogP contribution in [0.25, 0.3) is 0 Å². The maximum absolute atomic E-state index is 12.0. The molecule has 0 aliphatic rings. The Balaban J connectivity index is 4.49. The predicted molar refractivity (Wildman–Crippen MR) is 68.2 cm³/mol. The summed E-state index contributed by atoms with van der Waals surface area (Å²) in [5.74, 6) is 0.454. The Labute approximate surface area is 102 Å². The number of nitrogens with one attached hydrogen (secondary N) is 1. The number of carbonyl (C=O) groups excluding carboxylic acids is 2. The Bertz CT molecular complexity index is 249. The second-order valence-corrected chi connectivity index (χ2v) is 5.46. The van der Waals surface area contributed by atoms with Gasteiger partial charge in [0.15, 0.2) is 0 Å². The molecule has 4 nitrogen and oxygen atoms in total. The number of thioether (sulfide) groups is 1. The van der Waals surface area contributed by atoms with Gasteiger partial charge in [0.25, 0.3) is 0 Å². The molecule has 2 amide bonds. The van der Waals surface area contributed by atoms with Crippen molar-refractivity contribution >= 4 is 23.6 Å². The van der Waals surface area contributed by atoms with E-state index in [4.69, 9.17) is 0 Å².